The van der Waals surface area contributed by atoms with Crippen LogP contribution in [-0.2, 0) is 0 Å². The van der Waals surface area contributed by atoms with Gasteiger partial charge in [-0.3, -0.25) is 4.79 Å². The predicted octanol–water partition coefficient (Wildman–Crippen LogP) is 1.49. The van der Waals surface area contributed by atoms with Gasteiger partial charge in [0, 0.05) is 18.0 Å². The van der Waals surface area contributed by atoms with Crippen LogP contribution in [0.4, 0.5) is 0 Å². The molecule has 0 unspecified atom stereocenters. The van der Waals surface area contributed by atoms with Crippen molar-refractivity contribution in [2.75, 3.05) is 20.6 Å². The average Bonchev–Trinajstić information content (AvgIpc) is 3.16. The van der Waals surface area contributed by atoms with Crippen LogP contribution in [0.15, 0.2) is 73.1 Å². The molecule has 25 heavy (non-hydrogen) atoms. The van der Waals surface area contributed by atoms with Gasteiger partial charge in [-0.25, -0.2) is 4.68 Å². The molecule has 0 saturated carbocycles. The SMILES string of the molecule is C[NH+](C)C[C@H](NC(=O)c1ccc(-n2cccn2)cc1)c1ccccc1. The molecular weight excluding hydrogens is 312 g/mol. The van der Waals surface area contributed by atoms with Crippen LogP contribution in [0.1, 0.15) is 22.0 Å². The molecule has 2 N–H and O–H groups in total. The highest BCUT2D eigenvalue weighted by Gasteiger charge is 2.18. The van der Waals surface area contributed by atoms with Crippen LogP contribution >= 0.6 is 0 Å². The number of carbonyl (C=O) groups excluding carboxylic acids is 1. The number of rotatable bonds is 6. The van der Waals surface area contributed by atoms with Crippen LogP contribution in [0.5, 0.6) is 0 Å². The van der Waals surface area contributed by atoms with E-state index in [1.165, 1.54) is 4.90 Å². The van der Waals surface area contributed by atoms with Gasteiger partial charge in [0.15, 0.2) is 0 Å². The first-order valence-corrected chi connectivity index (χ1v) is 8.38. The molecule has 1 atom stereocenters. The molecule has 3 aromatic rings. The van der Waals surface area contributed by atoms with Gasteiger partial charge in [-0.2, -0.15) is 5.10 Å². The molecule has 1 aromatic heterocycles. The summed E-state index contributed by atoms with van der Waals surface area (Å²) in [6, 6.07) is 19.4. The summed E-state index contributed by atoms with van der Waals surface area (Å²) < 4.78 is 1.77. The summed E-state index contributed by atoms with van der Waals surface area (Å²) in [6.45, 7) is 0.821. The fraction of sp³-hybridized carbons (Fsp3) is 0.200. The second-order valence-electron chi connectivity index (χ2n) is 6.35. The quantitative estimate of drug-likeness (QED) is 0.717. The van der Waals surface area contributed by atoms with Gasteiger partial charge in [0.05, 0.1) is 19.8 Å². The Kier molecular flexibility index (Phi) is 5.26. The molecule has 0 aliphatic carbocycles. The van der Waals surface area contributed by atoms with Crippen molar-refractivity contribution in [3.63, 3.8) is 0 Å². The summed E-state index contributed by atoms with van der Waals surface area (Å²) in [6.07, 6.45) is 3.61. The van der Waals surface area contributed by atoms with Gasteiger partial charge in [0.2, 0.25) is 0 Å². The number of aromatic nitrogens is 2. The Balaban J connectivity index is 1.74. The summed E-state index contributed by atoms with van der Waals surface area (Å²) in [7, 11) is 4.17. The Morgan fingerprint density at radius 2 is 1.80 bits per heavy atom. The van der Waals surface area contributed by atoms with Crippen LogP contribution in [-0.4, -0.2) is 36.3 Å². The van der Waals surface area contributed by atoms with Crippen LogP contribution in [0, 0.1) is 0 Å². The van der Waals surface area contributed by atoms with E-state index in [4.69, 9.17) is 0 Å². The minimum atomic E-state index is -0.0675. The standard InChI is InChI=1S/C20H22N4O/c1-23(2)15-19(16-7-4-3-5-8-16)22-20(25)17-9-11-18(12-10-17)24-14-6-13-21-24/h3-14,19H,15H2,1-2H3,(H,22,25)/p+1/t19-/m0/s1. The number of nitrogens with one attached hydrogen (secondary N) is 2. The van der Waals surface area contributed by atoms with Gasteiger partial charge >= 0.3 is 0 Å². The number of likely N-dealkylation sites (N-methyl/N-ethyl adjacent to an activating group) is 1. The van der Waals surface area contributed by atoms with Gasteiger partial charge < -0.3 is 10.2 Å². The van der Waals surface area contributed by atoms with Crippen LogP contribution in [0.25, 0.3) is 5.69 Å². The molecule has 0 fully saturated rings. The summed E-state index contributed by atoms with van der Waals surface area (Å²) in [5.41, 5.74) is 2.69. The Hall–Kier alpha value is -2.92. The third-order valence-electron chi connectivity index (χ3n) is 4.02. The fourth-order valence-corrected chi connectivity index (χ4v) is 2.77. The number of hydrogen-bond donors (Lipinski definition) is 2. The Morgan fingerprint density at radius 1 is 1.08 bits per heavy atom. The lowest BCUT2D eigenvalue weighted by Crippen LogP contribution is -3.06. The predicted molar refractivity (Wildman–Crippen MR) is 97.9 cm³/mol. The van der Waals surface area contributed by atoms with E-state index in [-0.39, 0.29) is 11.9 Å². The largest absolute Gasteiger partial charge is 0.340 e. The lowest BCUT2D eigenvalue weighted by molar-refractivity contribution is -0.860. The van der Waals surface area contributed by atoms with Crippen molar-refractivity contribution < 1.29 is 9.69 Å². The molecule has 0 spiro atoms. The number of hydrogen-bond acceptors (Lipinski definition) is 2. The van der Waals surface area contributed by atoms with Gasteiger partial charge in [-0.1, -0.05) is 30.3 Å². The third-order valence-corrected chi connectivity index (χ3v) is 4.02. The molecule has 1 amide bonds. The van der Waals surface area contributed by atoms with E-state index in [0.29, 0.717) is 5.56 Å². The van der Waals surface area contributed by atoms with E-state index in [0.717, 1.165) is 17.8 Å². The smallest absolute Gasteiger partial charge is 0.251 e. The monoisotopic (exact) mass is 335 g/mol. The minimum absolute atomic E-state index is 0.0236. The summed E-state index contributed by atoms with van der Waals surface area (Å²) in [5.74, 6) is -0.0675. The topological polar surface area (TPSA) is 51.4 Å². The zero-order valence-electron chi connectivity index (χ0n) is 14.5. The highest BCUT2D eigenvalue weighted by Crippen LogP contribution is 2.13. The molecule has 0 bridgehead atoms. The highest BCUT2D eigenvalue weighted by molar-refractivity contribution is 5.94. The maximum atomic E-state index is 12.7. The zero-order valence-corrected chi connectivity index (χ0v) is 14.5. The van der Waals surface area contributed by atoms with Crippen molar-refractivity contribution in [3.05, 3.63) is 84.2 Å². The Labute approximate surface area is 147 Å². The first kappa shape index (κ1) is 16.9. The second kappa shape index (κ2) is 7.77. The van der Waals surface area contributed by atoms with E-state index in [2.05, 4.69) is 36.6 Å². The van der Waals surface area contributed by atoms with Crippen molar-refractivity contribution in [3.8, 4) is 5.69 Å². The van der Waals surface area contributed by atoms with Crippen molar-refractivity contribution in [2.24, 2.45) is 0 Å². The Bertz CT molecular complexity index is 795. The molecule has 3 rings (SSSR count). The molecule has 128 valence electrons. The van der Waals surface area contributed by atoms with Gasteiger partial charge in [-0.15, -0.1) is 0 Å². The van der Waals surface area contributed by atoms with E-state index in [9.17, 15) is 4.79 Å². The van der Waals surface area contributed by atoms with Crippen molar-refractivity contribution >= 4 is 5.91 Å². The van der Waals surface area contributed by atoms with Crippen LogP contribution < -0.4 is 10.2 Å². The van der Waals surface area contributed by atoms with E-state index < -0.39 is 0 Å². The molecule has 0 radical (unpaired) electrons. The molecule has 0 aliphatic rings. The number of quaternary nitrogens is 1. The normalized spacial score (nSPS) is 12.1. The van der Waals surface area contributed by atoms with Crippen LogP contribution in [0.3, 0.4) is 0 Å². The lowest BCUT2D eigenvalue weighted by atomic mass is 10.1. The maximum absolute atomic E-state index is 12.7. The number of carbonyl (C=O) groups is 1. The summed E-state index contributed by atoms with van der Waals surface area (Å²) in [5, 5.41) is 7.35. The molecule has 2 aromatic carbocycles. The summed E-state index contributed by atoms with van der Waals surface area (Å²) in [4.78, 5) is 13.9. The van der Waals surface area contributed by atoms with Gasteiger partial charge in [0.1, 0.15) is 12.6 Å². The molecule has 5 heteroatoms. The van der Waals surface area contributed by atoms with Crippen LogP contribution in [0.2, 0.25) is 0 Å². The van der Waals surface area contributed by atoms with Crippen molar-refractivity contribution in [2.45, 2.75) is 6.04 Å². The average molecular weight is 335 g/mol. The van der Waals surface area contributed by atoms with Crippen molar-refractivity contribution in [1.82, 2.24) is 15.1 Å². The first-order valence-electron chi connectivity index (χ1n) is 8.38. The van der Waals surface area contributed by atoms with E-state index in [1.54, 1.807) is 10.9 Å². The molecule has 5 nitrogen and oxygen atoms in total. The molecule has 1 heterocycles. The van der Waals surface area contributed by atoms with Gasteiger partial charge in [-0.05, 0) is 35.9 Å². The highest BCUT2D eigenvalue weighted by atomic mass is 16.1. The first-order chi connectivity index (χ1) is 12.1. The molecule has 0 saturated heterocycles. The number of amides is 1. The van der Waals surface area contributed by atoms with Crippen molar-refractivity contribution in [1.29, 1.82) is 0 Å². The minimum Gasteiger partial charge on any atom is -0.340 e. The zero-order chi connectivity index (χ0) is 17.6. The number of nitrogens with zero attached hydrogens (tertiary/aromatic N) is 2. The Morgan fingerprint density at radius 3 is 2.40 bits per heavy atom. The van der Waals surface area contributed by atoms with E-state index in [1.807, 2.05) is 54.7 Å². The molecule has 0 aliphatic heterocycles. The van der Waals surface area contributed by atoms with E-state index >= 15 is 0 Å². The fourth-order valence-electron chi connectivity index (χ4n) is 2.77. The second-order valence-corrected chi connectivity index (χ2v) is 6.35. The summed E-state index contributed by atoms with van der Waals surface area (Å²) >= 11 is 0. The maximum Gasteiger partial charge on any atom is 0.251 e. The van der Waals surface area contributed by atoms with Gasteiger partial charge in [0.25, 0.3) is 5.91 Å². The lowest BCUT2D eigenvalue weighted by Gasteiger charge is -2.21. The molecular formula is C20H23N4O+. The number of benzene rings is 2. The third kappa shape index (κ3) is 4.33.